The lowest BCUT2D eigenvalue weighted by Crippen LogP contribution is -2.13. The van der Waals surface area contributed by atoms with Crippen molar-refractivity contribution in [1.82, 2.24) is 0 Å². The number of sulfonamides is 1. The van der Waals surface area contributed by atoms with Gasteiger partial charge in [-0.3, -0.25) is 0 Å². The summed E-state index contributed by atoms with van der Waals surface area (Å²) in [6.07, 6.45) is 0. The highest BCUT2D eigenvalue weighted by Crippen LogP contribution is 2.18. The van der Waals surface area contributed by atoms with E-state index in [-0.39, 0.29) is 4.90 Å². The van der Waals surface area contributed by atoms with Gasteiger partial charge in [-0.15, -0.1) is 0 Å². The quantitative estimate of drug-likeness (QED) is 0.790. The third kappa shape index (κ3) is 2.46. The highest BCUT2D eigenvalue weighted by Gasteiger charge is 2.10. The zero-order valence-corrected chi connectivity index (χ0v) is 9.06. The van der Waals surface area contributed by atoms with Gasteiger partial charge in [0, 0.05) is 12.2 Å². The van der Waals surface area contributed by atoms with Gasteiger partial charge in [0.15, 0.2) is 0 Å². The van der Waals surface area contributed by atoms with Crippen molar-refractivity contribution >= 4 is 15.7 Å². The van der Waals surface area contributed by atoms with E-state index >= 15 is 0 Å². The van der Waals surface area contributed by atoms with E-state index in [1.807, 2.05) is 6.92 Å². The molecule has 1 aromatic rings. The van der Waals surface area contributed by atoms with Crippen LogP contribution in [-0.2, 0) is 10.0 Å². The molecule has 0 unspecified atom stereocenters. The van der Waals surface area contributed by atoms with Crippen LogP contribution in [0.3, 0.4) is 0 Å². The Morgan fingerprint density at radius 3 is 2.50 bits per heavy atom. The van der Waals surface area contributed by atoms with Gasteiger partial charge < -0.3 is 5.32 Å². The Kier molecular flexibility index (Phi) is 3.13. The molecule has 0 heterocycles. The molecule has 1 rings (SSSR count). The molecule has 4 nitrogen and oxygen atoms in total. The van der Waals surface area contributed by atoms with E-state index in [9.17, 15) is 8.42 Å². The van der Waals surface area contributed by atoms with Gasteiger partial charge >= 0.3 is 0 Å². The van der Waals surface area contributed by atoms with Crippen LogP contribution in [0.15, 0.2) is 23.1 Å². The van der Waals surface area contributed by atoms with Gasteiger partial charge in [0.05, 0.1) is 4.90 Å². The summed E-state index contributed by atoms with van der Waals surface area (Å²) in [5.74, 6) is 0. The van der Waals surface area contributed by atoms with Crippen molar-refractivity contribution in [2.75, 3.05) is 11.9 Å². The number of aryl methyl sites for hydroxylation is 1. The molecule has 5 heteroatoms. The Morgan fingerprint density at radius 1 is 1.43 bits per heavy atom. The zero-order valence-electron chi connectivity index (χ0n) is 8.24. The van der Waals surface area contributed by atoms with Gasteiger partial charge in [0.25, 0.3) is 0 Å². The van der Waals surface area contributed by atoms with Crippen molar-refractivity contribution in [3.63, 3.8) is 0 Å². The Bertz CT molecular complexity index is 426. The molecule has 3 N–H and O–H groups in total. The molecular weight excluding hydrogens is 200 g/mol. The first-order valence-corrected chi connectivity index (χ1v) is 5.87. The number of primary sulfonamides is 1. The SMILES string of the molecule is CCNc1ccc(S(N)(=O)=O)c(C)c1. The lowest BCUT2D eigenvalue weighted by molar-refractivity contribution is 0.597. The molecular formula is C9H14N2O2S. The van der Waals surface area contributed by atoms with Gasteiger partial charge in [0.1, 0.15) is 0 Å². The van der Waals surface area contributed by atoms with Gasteiger partial charge in [-0.2, -0.15) is 0 Å². The highest BCUT2D eigenvalue weighted by atomic mass is 32.2. The van der Waals surface area contributed by atoms with Crippen LogP contribution >= 0.6 is 0 Å². The third-order valence-corrected chi connectivity index (χ3v) is 2.93. The van der Waals surface area contributed by atoms with E-state index in [1.54, 1.807) is 19.1 Å². The number of hydrogen-bond acceptors (Lipinski definition) is 3. The van der Waals surface area contributed by atoms with E-state index in [2.05, 4.69) is 5.32 Å². The summed E-state index contributed by atoms with van der Waals surface area (Å²) < 4.78 is 22.2. The molecule has 0 spiro atoms. The topological polar surface area (TPSA) is 72.2 Å². The number of nitrogens with two attached hydrogens (primary N) is 1. The molecule has 0 aliphatic rings. The van der Waals surface area contributed by atoms with Crippen molar-refractivity contribution in [1.29, 1.82) is 0 Å². The van der Waals surface area contributed by atoms with E-state index in [0.717, 1.165) is 12.2 Å². The molecule has 0 amide bonds. The van der Waals surface area contributed by atoms with Crippen molar-refractivity contribution in [3.05, 3.63) is 23.8 Å². The highest BCUT2D eigenvalue weighted by molar-refractivity contribution is 7.89. The van der Waals surface area contributed by atoms with Crippen molar-refractivity contribution in [2.45, 2.75) is 18.7 Å². The summed E-state index contributed by atoms with van der Waals surface area (Å²) in [7, 11) is -3.59. The van der Waals surface area contributed by atoms with Crippen molar-refractivity contribution in [2.24, 2.45) is 5.14 Å². The van der Waals surface area contributed by atoms with Crippen LogP contribution in [0, 0.1) is 6.92 Å². The molecule has 0 aliphatic heterocycles. The maximum absolute atomic E-state index is 11.1. The predicted molar refractivity (Wildman–Crippen MR) is 56.7 cm³/mol. The standard InChI is InChI=1S/C9H14N2O2S/c1-3-11-8-4-5-9(7(2)6-8)14(10,12)13/h4-6,11H,3H2,1-2H3,(H2,10,12,13). The Hall–Kier alpha value is -1.07. The van der Waals surface area contributed by atoms with Gasteiger partial charge in [0.2, 0.25) is 10.0 Å². The second-order valence-electron chi connectivity index (χ2n) is 3.06. The molecule has 0 saturated carbocycles. The van der Waals surface area contributed by atoms with Crippen LogP contribution in [0.25, 0.3) is 0 Å². The molecule has 0 fully saturated rings. The molecule has 0 aliphatic carbocycles. The normalized spacial score (nSPS) is 11.4. The number of anilines is 1. The maximum Gasteiger partial charge on any atom is 0.238 e. The van der Waals surface area contributed by atoms with E-state index in [4.69, 9.17) is 5.14 Å². The zero-order chi connectivity index (χ0) is 10.8. The first-order valence-electron chi connectivity index (χ1n) is 4.32. The first kappa shape index (κ1) is 11.0. The van der Waals surface area contributed by atoms with E-state index < -0.39 is 10.0 Å². The molecule has 0 radical (unpaired) electrons. The summed E-state index contributed by atoms with van der Waals surface area (Å²) in [6.45, 7) is 4.50. The van der Waals surface area contributed by atoms with Crippen LogP contribution in [-0.4, -0.2) is 15.0 Å². The van der Waals surface area contributed by atoms with Gasteiger partial charge in [-0.05, 0) is 37.6 Å². The van der Waals surface area contributed by atoms with Gasteiger partial charge in [-0.25, -0.2) is 13.6 Å². The lowest BCUT2D eigenvalue weighted by atomic mass is 10.2. The summed E-state index contributed by atoms with van der Waals surface area (Å²) in [5, 5.41) is 8.12. The van der Waals surface area contributed by atoms with Crippen molar-refractivity contribution in [3.8, 4) is 0 Å². The average molecular weight is 214 g/mol. The summed E-state index contributed by atoms with van der Waals surface area (Å²) in [4.78, 5) is 0.180. The number of nitrogens with one attached hydrogen (secondary N) is 1. The first-order chi connectivity index (χ1) is 6.45. The fourth-order valence-electron chi connectivity index (χ4n) is 1.28. The maximum atomic E-state index is 11.1. The van der Waals surface area contributed by atoms with E-state index in [0.29, 0.717) is 5.56 Å². The van der Waals surface area contributed by atoms with Crippen molar-refractivity contribution < 1.29 is 8.42 Å². The number of hydrogen-bond donors (Lipinski definition) is 2. The molecule has 14 heavy (non-hydrogen) atoms. The fourth-order valence-corrected chi connectivity index (χ4v) is 2.05. The summed E-state index contributed by atoms with van der Waals surface area (Å²) in [5.41, 5.74) is 1.56. The molecule has 0 saturated heterocycles. The van der Waals surface area contributed by atoms with Crippen LogP contribution < -0.4 is 10.5 Å². The Morgan fingerprint density at radius 2 is 2.07 bits per heavy atom. The Labute approximate surface area is 84.2 Å². The van der Waals surface area contributed by atoms with Crippen LogP contribution in [0.2, 0.25) is 0 Å². The Balaban J connectivity index is 3.15. The molecule has 0 bridgehead atoms. The average Bonchev–Trinajstić information content (AvgIpc) is 2.02. The second kappa shape index (κ2) is 3.98. The minimum absolute atomic E-state index is 0.180. The number of rotatable bonds is 3. The minimum atomic E-state index is -3.59. The number of benzene rings is 1. The van der Waals surface area contributed by atoms with Gasteiger partial charge in [-0.1, -0.05) is 0 Å². The predicted octanol–water partition coefficient (Wildman–Crippen LogP) is 1.07. The van der Waals surface area contributed by atoms with Crippen LogP contribution in [0.1, 0.15) is 12.5 Å². The second-order valence-corrected chi connectivity index (χ2v) is 4.59. The molecule has 0 aromatic heterocycles. The minimum Gasteiger partial charge on any atom is -0.385 e. The fraction of sp³-hybridized carbons (Fsp3) is 0.333. The summed E-state index contributed by atoms with van der Waals surface area (Å²) >= 11 is 0. The summed E-state index contributed by atoms with van der Waals surface area (Å²) in [6, 6.07) is 4.99. The van der Waals surface area contributed by atoms with Crippen LogP contribution in [0.5, 0.6) is 0 Å². The van der Waals surface area contributed by atoms with Crippen LogP contribution in [0.4, 0.5) is 5.69 Å². The monoisotopic (exact) mass is 214 g/mol. The largest absolute Gasteiger partial charge is 0.385 e. The molecule has 1 aromatic carbocycles. The smallest absolute Gasteiger partial charge is 0.238 e. The van der Waals surface area contributed by atoms with E-state index in [1.165, 1.54) is 6.07 Å². The molecule has 0 atom stereocenters. The third-order valence-electron chi connectivity index (χ3n) is 1.86. The lowest BCUT2D eigenvalue weighted by Gasteiger charge is -2.07. The molecule has 78 valence electrons.